The molecule has 3 aromatic rings. The highest BCUT2D eigenvalue weighted by atomic mass is 35.5. The number of aliphatic hydroxyl groups excluding tert-OH is 1. The zero-order valence-electron chi connectivity index (χ0n) is 12.5. The number of thiophene rings is 1. The molecule has 0 aliphatic rings. The predicted octanol–water partition coefficient (Wildman–Crippen LogP) is 3.59. The van der Waals surface area contributed by atoms with Gasteiger partial charge in [0.1, 0.15) is 15.5 Å². The van der Waals surface area contributed by atoms with E-state index in [-0.39, 0.29) is 30.8 Å². The van der Waals surface area contributed by atoms with Crippen LogP contribution >= 0.6 is 22.9 Å². The Morgan fingerprint density at radius 1 is 1.33 bits per heavy atom. The molecule has 0 spiro atoms. The van der Waals surface area contributed by atoms with Gasteiger partial charge < -0.3 is 10.4 Å². The number of halogens is 2. The summed E-state index contributed by atoms with van der Waals surface area (Å²) in [5, 5.41) is 13.4. The van der Waals surface area contributed by atoms with Gasteiger partial charge in [-0.25, -0.2) is 9.37 Å². The number of aliphatic hydroxyl groups is 1. The summed E-state index contributed by atoms with van der Waals surface area (Å²) in [6.07, 6.45) is 1.65. The number of nitrogens with one attached hydrogen (secondary N) is 1. The molecule has 24 heavy (non-hydrogen) atoms. The molecule has 124 valence electrons. The molecule has 1 amide bonds. The summed E-state index contributed by atoms with van der Waals surface area (Å²) in [6.45, 7) is 0.0621. The van der Waals surface area contributed by atoms with Gasteiger partial charge in [0.15, 0.2) is 0 Å². The van der Waals surface area contributed by atoms with Crippen LogP contribution in [0.5, 0.6) is 0 Å². The quantitative estimate of drug-likeness (QED) is 0.727. The maximum atomic E-state index is 13.0. The van der Waals surface area contributed by atoms with Gasteiger partial charge in [-0.1, -0.05) is 23.7 Å². The molecule has 0 saturated heterocycles. The molecule has 7 heteroatoms. The zero-order chi connectivity index (χ0) is 17.1. The largest absolute Gasteiger partial charge is 0.396 e. The van der Waals surface area contributed by atoms with E-state index in [4.69, 9.17) is 11.6 Å². The van der Waals surface area contributed by atoms with Crippen molar-refractivity contribution in [3.05, 3.63) is 63.9 Å². The highest BCUT2D eigenvalue weighted by molar-refractivity contribution is 7.21. The van der Waals surface area contributed by atoms with Gasteiger partial charge in [0.05, 0.1) is 11.6 Å². The highest BCUT2D eigenvalue weighted by Crippen LogP contribution is 2.33. The number of rotatable bonds is 5. The third-order valence-corrected chi connectivity index (χ3v) is 5.30. The maximum Gasteiger partial charge on any atom is 0.263 e. The Balaban J connectivity index is 1.73. The van der Waals surface area contributed by atoms with E-state index >= 15 is 0 Å². The van der Waals surface area contributed by atoms with Crippen LogP contribution in [-0.2, 0) is 0 Å². The lowest BCUT2D eigenvalue weighted by atomic mass is 10.00. The lowest BCUT2D eigenvalue weighted by molar-refractivity contribution is 0.0952. The minimum atomic E-state index is -0.343. The van der Waals surface area contributed by atoms with Crippen molar-refractivity contribution >= 4 is 39.1 Å². The minimum Gasteiger partial charge on any atom is -0.396 e. The van der Waals surface area contributed by atoms with Gasteiger partial charge in [0.25, 0.3) is 5.91 Å². The van der Waals surface area contributed by atoms with E-state index in [9.17, 15) is 14.3 Å². The van der Waals surface area contributed by atoms with Crippen LogP contribution in [0.3, 0.4) is 0 Å². The summed E-state index contributed by atoms with van der Waals surface area (Å²) in [4.78, 5) is 17.7. The lowest BCUT2D eigenvalue weighted by Gasteiger charge is -2.15. The minimum absolute atomic E-state index is 0.159. The smallest absolute Gasteiger partial charge is 0.263 e. The SMILES string of the molecule is O=C(NCC(CO)c1ccc(F)cc1)c1sc2ncccc2c1Cl. The number of benzene rings is 1. The molecular formula is C17H14ClFN2O2S. The number of hydrogen-bond donors (Lipinski definition) is 2. The number of pyridine rings is 1. The number of carbonyl (C=O) groups is 1. The summed E-state index contributed by atoms with van der Waals surface area (Å²) >= 11 is 7.48. The third kappa shape index (κ3) is 3.40. The first-order chi connectivity index (χ1) is 11.6. The molecule has 4 nitrogen and oxygen atoms in total. The summed E-state index contributed by atoms with van der Waals surface area (Å²) in [5.41, 5.74) is 0.753. The maximum absolute atomic E-state index is 13.0. The monoisotopic (exact) mass is 364 g/mol. The zero-order valence-corrected chi connectivity index (χ0v) is 14.1. The molecule has 3 rings (SSSR count). The van der Waals surface area contributed by atoms with E-state index < -0.39 is 0 Å². The van der Waals surface area contributed by atoms with Crippen molar-refractivity contribution in [2.75, 3.05) is 13.2 Å². The Morgan fingerprint density at radius 3 is 2.75 bits per heavy atom. The van der Waals surface area contributed by atoms with Gasteiger partial charge in [-0.15, -0.1) is 11.3 Å². The Morgan fingerprint density at radius 2 is 2.08 bits per heavy atom. The third-order valence-electron chi connectivity index (χ3n) is 3.68. The number of fused-ring (bicyclic) bond motifs is 1. The standard InChI is InChI=1S/C17H14ClFN2O2S/c18-14-13-2-1-7-20-17(13)24-15(14)16(23)21-8-11(9-22)10-3-5-12(19)6-4-10/h1-7,11,22H,8-9H2,(H,21,23). The molecule has 0 aliphatic heterocycles. The van der Waals surface area contributed by atoms with Gasteiger partial charge in [-0.05, 0) is 29.8 Å². The number of nitrogens with zero attached hydrogens (tertiary/aromatic N) is 1. The van der Waals surface area contributed by atoms with Gasteiger partial charge in [-0.3, -0.25) is 4.79 Å². The van der Waals surface area contributed by atoms with Gasteiger partial charge in [-0.2, -0.15) is 0 Å². The Kier molecular flexibility index (Phi) is 5.08. The molecule has 1 atom stereocenters. The van der Waals surface area contributed by atoms with Crippen molar-refractivity contribution in [3.8, 4) is 0 Å². The van der Waals surface area contributed by atoms with Crippen LogP contribution in [0.2, 0.25) is 5.02 Å². The predicted molar refractivity (Wildman–Crippen MR) is 93.2 cm³/mol. The molecule has 0 bridgehead atoms. The summed E-state index contributed by atoms with van der Waals surface area (Å²) < 4.78 is 13.0. The van der Waals surface area contributed by atoms with Crippen molar-refractivity contribution in [3.63, 3.8) is 0 Å². The Hall–Kier alpha value is -2.02. The van der Waals surface area contributed by atoms with Crippen molar-refractivity contribution in [2.24, 2.45) is 0 Å². The summed E-state index contributed by atoms with van der Waals surface area (Å²) in [7, 11) is 0. The fraction of sp³-hybridized carbons (Fsp3) is 0.176. The second-order valence-corrected chi connectivity index (χ2v) is 6.62. The molecule has 0 radical (unpaired) electrons. The fourth-order valence-electron chi connectivity index (χ4n) is 2.37. The molecule has 0 aliphatic carbocycles. The van der Waals surface area contributed by atoms with Crippen LogP contribution in [0.25, 0.3) is 10.2 Å². The van der Waals surface area contributed by atoms with Crippen LogP contribution in [0, 0.1) is 5.82 Å². The molecule has 1 unspecified atom stereocenters. The second-order valence-electron chi connectivity index (χ2n) is 5.24. The van der Waals surface area contributed by atoms with Crippen LogP contribution in [0.1, 0.15) is 21.2 Å². The molecule has 0 fully saturated rings. The van der Waals surface area contributed by atoms with Crippen molar-refractivity contribution in [2.45, 2.75) is 5.92 Å². The van der Waals surface area contributed by atoms with Crippen LogP contribution in [0.4, 0.5) is 4.39 Å². The Bertz CT molecular complexity index is 867. The molecular weight excluding hydrogens is 351 g/mol. The van der Waals surface area contributed by atoms with E-state index in [1.807, 2.05) is 6.07 Å². The van der Waals surface area contributed by atoms with Gasteiger partial charge >= 0.3 is 0 Å². The first-order valence-electron chi connectivity index (χ1n) is 7.27. The van der Waals surface area contributed by atoms with E-state index in [1.54, 1.807) is 24.4 Å². The Labute approximate surface area is 146 Å². The molecule has 2 N–H and O–H groups in total. The molecule has 0 saturated carbocycles. The molecule has 2 aromatic heterocycles. The van der Waals surface area contributed by atoms with E-state index in [1.165, 1.54) is 23.5 Å². The average molecular weight is 365 g/mol. The first-order valence-corrected chi connectivity index (χ1v) is 8.47. The fourth-order valence-corrected chi connectivity index (χ4v) is 3.73. The normalized spacial score (nSPS) is 12.3. The average Bonchev–Trinajstić information content (AvgIpc) is 2.94. The first kappa shape index (κ1) is 16.8. The van der Waals surface area contributed by atoms with Crippen molar-refractivity contribution in [1.82, 2.24) is 10.3 Å². The van der Waals surface area contributed by atoms with Crippen LogP contribution in [-0.4, -0.2) is 29.1 Å². The highest BCUT2D eigenvalue weighted by Gasteiger charge is 2.19. The van der Waals surface area contributed by atoms with E-state index in [0.29, 0.717) is 14.7 Å². The molecule has 1 aromatic carbocycles. The number of aromatic nitrogens is 1. The van der Waals surface area contributed by atoms with E-state index in [0.717, 1.165) is 10.9 Å². The number of carbonyl (C=O) groups excluding carboxylic acids is 1. The van der Waals surface area contributed by atoms with Crippen molar-refractivity contribution in [1.29, 1.82) is 0 Å². The number of amides is 1. The van der Waals surface area contributed by atoms with Crippen molar-refractivity contribution < 1.29 is 14.3 Å². The summed E-state index contributed by atoms with van der Waals surface area (Å²) in [5.74, 6) is -0.978. The second kappa shape index (κ2) is 7.25. The van der Waals surface area contributed by atoms with Crippen LogP contribution in [0.15, 0.2) is 42.6 Å². The van der Waals surface area contributed by atoms with Crippen LogP contribution < -0.4 is 5.32 Å². The summed E-state index contributed by atoms with van der Waals surface area (Å²) in [6, 6.07) is 9.42. The van der Waals surface area contributed by atoms with Gasteiger partial charge in [0, 0.05) is 24.0 Å². The topological polar surface area (TPSA) is 62.2 Å². The lowest BCUT2D eigenvalue weighted by Crippen LogP contribution is -2.29. The molecule has 2 heterocycles. The van der Waals surface area contributed by atoms with E-state index in [2.05, 4.69) is 10.3 Å². The number of hydrogen-bond acceptors (Lipinski definition) is 4. The van der Waals surface area contributed by atoms with Gasteiger partial charge in [0.2, 0.25) is 0 Å².